The number of hydrogen-bond acceptors (Lipinski definition) is 0. The number of halogens is 1. The van der Waals surface area contributed by atoms with E-state index in [-0.39, 0.29) is 5.82 Å². The molecule has 0 amide bonds. The lowest BCUT2D eigenvalue weighted by molar-refractivity contribution is 0.303. The minimum absolute atomic E-state index is 0.190. The molecule has 0 heterocycles. The summed E-state index contributed by atoms with van der Waals surface area (Å²) in [5.74, 6) is 12.7. The van der Waals surface area contributed by atoms with Gasteiger partial charge >= 0.3 is 0 Å². The lowest BCUT2D eigenvalue weighted by Crippen LogP contribution is -2.13. The fraction of sp³-hybridized carbons (Fsp3) is 0.353. The first kappa shape index (κ1) is 24.8. The van der Waals surface area contributed by atoms with E-state index in [1.165, 1.54) is 56.9 Å². The van der Waals surface area contributed by atoms with Crippen molar-refractivity contribution >= 4 is 0 Å². The summed E-state index contributed by atoms with van der Waals surface area (Å²) < 4.78 is 15.1. The van der Waals surface area contributed by atoms with Gasteiger partial charge in [-0.05, 0) is 96.7 Å². The summed E-state index contributed by atoms with van der Waals surface area (Å²) in [4.78, 5) is 0. The summed E-state index contributed by atoms with van der Waals surface area (Å²) in [5.41, 5.74) is 5.74. The Morgan fingerprint density at radius 1 is 0.771 bits per heavy atom. The second-order valence-electron chi connectivity index (χ2n) is 9.73. The normalized spacial score (nSPS) is 17.1. The molecule has 0 aliphatic heterocycles. The first-order valence-corrected chi connectivity index (χ1v) is 13.1. The van der Waals surface area contributed by atoms with Gasteiger partial charge in [0.05, 0.1) is 0 Å². The molecule has 1 saturated carbocycles. The fourth-order valence-electron chi connectivity index (χ4n) is 5.24. The summed E-state index contributed by atoms with van der Waals surface area (Å²) in [6.07, 6.45) is 10.8. The van der Waals surface area contributed by atoms with Crippen LogP contribution in [0.1, 0.15) is 82.3 Å². The van der Waals surface area contributed by atoms with Crippen molar-refractivity contribution < 1.29 is 4.39 Å². The van der Waals surface area contributed by atoms with Gasteiger partial charge in [-0.3, -0.25) is 0 Å². The summed E-state index contributed by atoms with van der Waals surface area (Å²) >= 11 is 0. The van der Waals surface area contributed by atoms with E-state index >= 15 is 4.39 Å². The van der Waals surface area contributed by atoms with Crippen molar-refractivity contribution in [3.05, 3.63) is 83.7 Å². The highest BCUT2D eigenvalue weighted by atomic mass is 19.1. The summed E-state index contributed by atoms with van der Waals surface area (Å²) in [7, 11) is 0. The van der Waals surface area contributed by atoms with Gasteiger partial charge < -0.3 is 0 Å². The molecule has 4 rings (SSSR count). The van der Waals surface area contributed by atoms with Crippen LogP contribution in [0.15, 0.2) is 66.7 Å². The van der Waals surface area contributed by atoms with Crippen LogP contribution in [-0.4, -0.2) is 0 Å². The standard InChI is InChI=1S/C34H35F/c1-3-5-7-9-26-11-15-28(16-12-26)29-19-21-31(22-20-29)33-24-23-32(25-34(33)35)30-17-13-27(14-18-30)10-8-6-4-2/h13-14,17-26,28H,3,5,7,9,11-12,15-16H2,1-2H3. The monoisotopic (exact) mass is 462 g/mol. The van der Waals surface area contributed by atoms with Gasteiger partial charge in [0.2, 0.25) is 0 Å². The zero-order valence-corrected chi connectivity index (χ0v) is 21.0. The smallest absolute Gasteiger partial charge is 0.131 e. The van der Waals surface area contributed by atoms with Gasteiger partial charge in [-0.15, -0.1) is 0 Å². The predicted molar refractivity (Wildman–Crippen MR) is 146 cm³/mol. The molecule has 1 aliphatic carbocycles. The second-order valence-corrected chi connectivity index (χ2v) is 9.73. The minimum atomic E-state index is -0.190. The van der Waals surface area contributed by atoms with Crippen LogP contribution in [0.4, 0.5) is 4.39 Å². The SMILES string of the molecule is CC#CC#Cc1ccc(-c2ccc(-c3ccc(C4CCC(CCCCC)CC4)cc3)c(F)c2)cc1. The molecule has 3 aromatic carbocycles. The fourth-order valence-corrected chi connectivity index (χ4v) is 5.24. The molecule has 0 atom stereocenters. The van der Waals surface area contributed by atoms with Crippen LogP contribution in [0.5, 0.6) is 0 Å². The highest BCUT2D eigenvalue weighted by Crippen LogP contribution is 2.38. The maximum absolute atomic E-state index is 15.1. The lowest BCUT2D eigenvalue weighted by Gasteiger charge is -2.29. The molecule has 0 N–H and O–H groups in total. The Kier molecular flexibility index (Phi) is 8.81. The average molecular weight is 463 g/mol. The Hall–Kier alpha value is -3.29. The van der Waals surface area contributed by atoms with Gasteiger partial charge in [0.25, 0.3) is 0 Å². The third kappa shape index (κ3) is 6.65. The number of rotatable bonds is 7. The first-order valence-electron chi connectivity index (χ1n) is 13.1. The van der Waals surface area contributed by atoms with E-state index in [9.17, 15) is 0 Å². The molecule has 1 fully saturated rings. The van der Waals surface area contributed by atoms with Crippen LogP contribution >= 0.6 is 0 Å². The summed E-state index contributed by atoms with van der Waals surface area (Å²) in [6, 6.07) is 22.0. The van der Waals surface area contributed by atoms with Gasteiger partial charge in [0.15, 0.2) is 0 Å². The molecular weight excluding hydrogens is 427 g/mol. The molecule has 3 aromatic rings. The van der Waals surface area contributed by atoms with E-state index in [0.29, 0.717) is 11.5 Å². The first-order chi connectivity index (χ1) is 17.2. The number of benzene rings is 3. The van der Waals surface area contributed by atoms with E-state index in [2.05, 4.69) is 54.9 Å². The summed E-state index contributed by atoms with van der Waals surface area (Å²) in [5, 5.41) is 0. The Balaban J connectivity index is 1.40. The third-order valence-corrected chi connectivity index (χ3v) is 7.34. The molecule has 1 aliphatic rings. The van der Waals surface area contributed by atoms with Gasteiger partial charge in [-0.1, -0.05) is 93.0 Å². The maximum Gasteiger partial charge on any atom is 0.131 e. The van der Waals surface area contributed by atoms with Crippen LogP contribution in [0.3, 0.4) is 0 Å². The topological polar surface area (TPSA) is 0 Å². The van der Waals surface area contributed by atoms with Crippen molar-refractivity contribution in [1.82, 2.24) is 0 Å². The highest BCUT2D eigenvalue weighted by Gasteiger charge is 2.22. The molecule has 0 aromatic heterocycles. The van der Waals surface area contributed by atoms with Crippen molar-refractivity contribution in [3.63, 3.8) is 0 Å². The molecule has 0 unspecified atom stereocenters. The Bertz CT molecular complexity index is 1220. The van der Waals surface area contributed by atoms with Crippen LogP contribution in [0, 0.1) is 35.4 Å². The van der Waals surface area contributed by atoms with Gasteiger partial charge in [-0.25, -0.2) is 4.39 Å². The molecule has 35 heavy (non-hydrogen) atoms. The van der Waals surface area contributed by atoms with Crippen LogP contribution in [0.2, 0.25) is 0 Å². The van der Waals surface area contributed by atoms with Gasteiger partial charge in [0.1, 0.15) is 5.82 Å². The Morgan fingerprint density at radius 2 is 1.46 bits per heavy atom. The molecule has 1 heteroatoms. The number of unbranched alkanes of at least 4 members (excludes halogenated alkanes) is 2. The maximum atomic E-state index is 15.1. The second kappa shape index (κ2) is 12.4. The van der Waals surface area contributed by atoms with E-state index in [4.69, 9.17) is 0 Å². The van der Waals surface area contributed by atoms with Crippen LogP contribution in [-0.2, 0) is 0 Å². The minimum Gasteiger partial charge on any atom is -0.206 e. The zero-order chi connectivity index (χ0) is 24.5. The highest BCUT2D eigenvalue weighted by molar-refractivity contribution is 5.71. The molecule has 0 bridgehead atoms. The van der Waals surface area contributed by atoms with Gasteiger partial charge in [0, 0.05) is 11.1 Å². The van der Waals surface area contributed by atoms with Crippen molar-refractivity contribution in [1.29, 1.82) is 0 Å². The molecule has 0 spiro atoms. The van der Waals surface area contributed by atoms with Crippen molar-refractivity contribution in [2.75, 3.05) is 0 Å². The summed E-state index contributed by atoms with van der Waals surface area (Å²) in [6.45, 7) is 4.05. The molecular formula is C34H35F. The van der Waals surface area contributed by atoms with E-state index in [0.717, 1.165) is 28.2 Å². The molecule has 0 nitrogen and oxygen atoms in total. The van der Waals surface area contributed by atoms with Crippen molar-refractivity contribution in [3.8, 4) is 45.9 Å². The quantitative estimate of drug-likeness (QED) is 0.242. The molecule has 178 valence electrons. The van der Waals surface area contributed by atoms with Crippen LogP contribution in [0.25, 0.3) is 22.3 Å². The molecule has 0 radical (unpaired) electrons. The predicted octanol–water partition coefficient (Wildman–Crippen LogP) is 9.39. The Morgan fingerprint density at radius 3 is 2.11 bits per heavy atom. The Labute approximate surface area is 211 Å². The van der Waals surface area contributed by atoms with Crippen molar-refractivity contribution in [2.24, 2.45) is 5.92 Å². The largest absolute Gasteiger partial charge is 0.206 e. The van der Waals surface area contributed by atoms with E-state index < -0.39 is 0 Å². The van der Waals surface area contributed by atoms with Gasteiger partial charge in [-0.2, -0.15) is 0 Å². The molecule has 0 saturated heterocycles. The zero-order valence-electron chi connectivity index (χ0n) is 21.0. The lowest BCUT2D eigenvalue weighted by atomic mass is 9.77. The van der Waals surface area contributed by atoms with Crippen LogP contribution < -0.4 is 0 Å². The van der Waals surface area contributed by atoms with E-state index in [1.54, 1.807) is 13.0 Å². The average Bonchev–Trinajstić information content (AvgIpc) is 2.90. The van der Waals surface area contributed by atoms with Crippen molar-refractivity contribution in [2.45, 2.75) is 71.1 Å². The third-order valence-electron chi connectivity index (χ3n) is 7.34. The number of hydrogen-bond donors (Lipinski definition) is 0. The van der Waals surface area contributed by atoms with E-state index in [1.807, 2.05) is 36.4 Å².